The zero-order chi connectivity index (χ0) is 12.1. The number of hydrogen-bond donors (Lipinski definition) is 1. The molecule has 1 heterocycles. The fourth-order valence-corrected chi connectivity index (χ4v) is 2.97. The molecule has 0 aliphatic carbocycles. The Kier molecular flexibility index (Phi) is 5.01. The third-order valence-corrected chi connectivity index (χ3v) is 3.98. The summed E-state index contributed by atoms with van der Waals surface area (Å²) in [6.45, 7) is 2.34. The van der Waals surface area contributed by atoms with Crippen LogP contribution in [-0.2, 0) is 6.54 Å². The van der Waals surface area contributed by atoms with Crippen molar-refractivity contribution in [3.05, 3.63) is 34.3 Å². The highest BCUT2D eigenvalue weighted by Crippen LogP contribution is 2.20. The molecule has 0 bridgehead atoms. The Morgan fingerprint density at radius 3 is 2.94 bits per heavy atom. The SMILES string of the molecule is OCC1CCCCCN1Cc1cccc(Br)c1. The van der Waals surface area contributed by atoms with E-state index in [0.717, 1.165) is 24.0 Å². The van der Waals surface area contributed by atoms with E-state index in [-0.39, 0.29) is 6.61 Å². The van der Waals surface area contributed by atoms with E-state index in [1.54, 1.807) is 0 Å². The van der Waals surface area contributed by atoms with Gasteiger partial charge in [-0.1, -0.05) is 40.9 Å². The highest BCUT2D eigenvalue weighted by molar-refractivity contribution is 9.10. The molecule has 0 aromatic heterocycles. The van der Waals surface area contributed by atoms with Gasteiger partial charge in [-0.2, -0.15) is 0 Å². The fraction of sp³-hybridized carbons (Fsp3) is 0.571. The lowest BCUT2D eigenvalue weighted by atomic mass is 10.1. The fourth-order valence-electron chi connectivity index (χ4n) is 2.52. The lowest BCUT2D eigenvalue weighted by Crippen LogP contribution is -2.36. The standard InChI is InChI=1S/C14H20BrNO/c15-13-6-4-5-12(9-13)10-16-8-3-1-2-7-14(16)11-17/h4-6,9,14,17H,1-3,7-8,10-11H2. The molecule has 3 heteroatoms. The largest absolute Gasteiger partial charge is 0.395 e. The predicted octanol–water partition coefficient (Wildman–Crippen LogP) is 3.19. The molecule has 1 unspecified atom stereocenters. The lowest BCUT2D eigenvalue weighted by Gasteiger charge is -2.28. The summed E-state index contributed by atoms with van der Waals surface area (Å²) in [5.74, 6) is 0. The first-order valence-corrected chi connectivity index (χ1v) is 7.18. The van der Waals surface area contributed by atoms with Gasteiger partial charge in [0.15, 0.2) is 0 Å². The normalized spacial score (nSPS) is 22.4. The van der Waals surface area contributed by atoms with Gasteiger partial charge in [0.2, 0.25) is 0 Å². The minimum absolute atomic E-state index is 0.286. The first-order chi connectivity index (χ1) is 8.29. The zero-order valence-electron chi connectivity index (χ0n) is 10.1. The van der Waals surface area contributed by atoms with Crippen molar-refractivity contribution in [3.63, 3.8) is 0 Å². The van der Waals surface area contributed by atoms with Crippen molar-refractivity contribution >= 4 is 15.9 Å². The Morgan fingerprint density at radius 2 is 2.18 bits per heavy atom. The molecule has 1 N–H and O–H groups in total. The van der Waals surface area contributed by atoms with Crippen LogP contribution in [0.4, 0.5) is 0 Å². The van der Waals surface area contributed by atoms with Crippen LogP contribution < -0.4 is 0 Å². The minimum Gasteiger partial charge on any atom is -0.395 e. The van der Waals surface area contributed by atoms with Gasteiger partial charge in [-0.25, -0.2) is 0 Å². The van der Waals surface area contributed by atoms with Crippen molar-refractivity contribution in [2.24, 2.45) is 0 Å². The van der Waals surface area contributed by atoms with E-state index in [4.69, 9.17) is 0 Å². The second-order valence-corrected chi connectivity index (χ2v) is 5.70. The monoisotopic (exact) mass is 297 g/mol. The zero-order valence-corrected chi connectivity index (χ0v) is 11.7. The molecule has 1 fully saturated rings. The maximum absolute atomic E-state index is 9.47. The molecule has 94 valence electrons. The van der Waals surface area contributed by atoms with Crippen LogP contribution in [0, 0.1) is 0 Å². The molecule has 1 saturated heterocycles. The first kappa shape index (κ1) is 13.1. The van der Waals surface area contributed by atoms with Gasteiger partial charge < -0.3 is 5.11 Å². The summed E-state index contributed by atoms with van der Waals surface area (Å²) in [4.78, 5) is 2.43. The van der Waals surface area contributed by atoms with Gasteiger partial charge in [-0.3, -0.25) is 4.90 Å². The second kappa shape index (κ2) is 6.53. The number of halogens is 1. The molecule has 2 rings (SSSR count). The van der Waals surface area contributed by atoms with Crippen LogP contribution in [0.15, 0.2) is 28.7 Å². The number of rotatable bonds is 3. The van der Waals surface area contributed by atoms with Gasteiger partial charge in [0.1, 0.15) is 0 Å². The van der Waals surface area contributed by atoms with Gasteiger partial charge in [0, 0.05) is 17.1 Å². The van der Waals surface area contributed by atoms with Crippen molar-refractivity contribution in [2.75, 3.05) is 13.2 Å². The Bertz CT molecular complexity index is 356. The highest BCUT2D eigenvalue weighted by atomic mass is 79.9. The number of hydrogen-bond acceptors (Lipinski definition) is 2. The maximum atomic E-state index is 9.47. The van der Waals surface area contributed by atoms with E-state index in [1.807, 2.05) is 0 Å². The van der Waals surface area contributed by atoms with Crippen LogP contribution in [0.2, 0.25) is 0 Å². The third kappa shape index (κ3) is 3.80. The molecule has 1 aliphatic heterocycles. The summed E-state index contributed by atoms with van der Waals surface area (Å²) in [6.07, 6.45) is 4.93. The van der Waals surface area contributed by atoms with Crippen LogP contribution in [0.1, 0.15) is 31.2 Å². The Labute approximate surface area is 112 Å². The number of benzene rings is 1. The summed E-state index contributed by atoms with van der Waals surface area (Å²) in [5.41, 5.74) is 1.32. The maximum Gasteiger partial charge on any atom is 0.0586 e. The third-order valence-electron chi connectivity index (χ3n) is 3.48. The molecule has 0 radical (unpaired) electrons. The topological polar surface area (TPSA) is 23.5 Å². The molecule has 1 aliphatic rings. The lowest BCUT2D eigenvalue weighted by molar-refractivity contribution is 0.118. The number of aliphatic hydroxyl groups excluding tert-OH is 1. The van der Waals surface area contributed by atoms with Crippen LogP contribution in [0.3, 0.4) is 0 Å². The van der Waals surface area contributed by atoms with Crippen LogP contribution in [-0.4, -0.2) is 29.2 Å². The Balaban J connectivity index is 2.04. The van der Waals surface area contributed by atoms with E-state index < -0.39 is 0 Å². The quantitative estimate of drug-likeness (QED) is 0.926. The van der Waals surface area contributed by atoms with Crippen LogP contribution in [0.5, 0.6) is 0 Å². The highest BCUT2D eigenvalue weighted by Gasteiger charge is 2.20. The van der Waals surface area contributed by atoms with Gasteiger partial charge in [0.25, 0.3) is 0 Å². The smallest absolute Gasteiger partial charge is 0.0586 e. The summed E-state index contributed by atoms with van der Waals surface area (Å²) in [5, 5.41) is 9.47. The van der Waals surface area contributed by atoms with E-state index in [1.165, 1.54) is 24.8 Å². The molecule has 1 aromatic carbocycles. The molecule has 1 aromatic rings. The molecular formula is C14H20BrNO. The predicted molar refractivity (Wildman–Crippen MR) is 73.9 cm³/mol. The molecular weight excluding hydrogens is 278 g/mol. The van der Waals surface area contributed by atoms with Crippen molar-refractivity contribution < 1.29 is 5.11 Å². The molecule has 17 heavy (non-hydrogen) atoms. The summed E-state index contributed by atoms with van der Waals surface area (Å²) < 4.78 is 1.13. The second-order valence-electron chi connectivity index (χ2n) is 4.79. The molecule has 1 atom stereocenters. The van der Waals surface area contributed by atoms with Gasteiger partial charge in [-0.15, -0.1) is 0 Å². The summed E-state index contributed by atoms with van der Waals surface area (Å²) in [6, 6.07) is 8.79. The van der Waals surface area contributed by atoms with Crippen molar-refractivity contribution in [3.8, 4) is 0 Å². The number of nitrogens with zero attached hydrogens (tertiary/aromatic N) is 1. The van der Waals surface area contributed by atoms with Gasteiger partial charge in [-0.05, 0) is 37.1 Å². The van der Waals surface area contributed by atoms with Crippen LogP contribution >= 0.6 is 15.9 Å². The molecule has 2 nitrogen and oxygen atoms in total. The molecule has 0 spiro atoms. The van der Waals surface area contributed by atoms with E-state index >= 15 is 0 Å². The van der Waals surface area contributed by atoms with Crippen LogP contribution in [0.25, 0.3) is 0 Å². The summed E-state index contributed by atoms with van der Waals surface area (Å²) in [7, 11) is 0. The van der Waals surface area contributed by atoms with Crippen molar-refractivity contribution in [1.82, 2.24) is 4.90 Å². The Morgan fingerprint density at radius 1 is 1.29 bits per heavy atom. The van der Waals surface area contributed by atoms with Gasteiger partial charge >= 0.3 is 0 Å². The first-order valence-electron chi connectivity index (χ1n) is 6.39. The average Bonchev–Trinajstić information content (AvgIpc) is 2.54. The van der Waals surface area contributed by atoms with Crippen molar-refractivity contribution in [2.45, 2.75) is 38.3 Å². The Hall–Kier alpha value is -0.380. The number of aliphatic hydroxyl groups is 1. The molecule has 0 amide bonds. The van der Waals surface area contributed by atoms with Gasteiger partial charge in [0.05, 0.1) is 6.61 Å². The molecule has 0 saturated carbocycles. The minimum atomic E-state index is 0.286. The van der Waals surface area contributed by atoms with Crippen molar-refractivity contribution in [1.29, 1.82) is 0 Å². The van der Waals surface area contributed by atoms with E-state index in [0.29, 0.717) is 6.04 Å². The summed E-state index contributed by atoms with van der Waals surface area (Å²) >= 11 is 3.51. The number of likely N-dealkylation sites (tertiary alicyclic amines) is 1. The average molecular weight is 298 g/mol. The van der Waals surface area contributed by atoms with E-state index in [9.17, 15) is 5.11 Å². The van der Waals surface area contributed by atoms with E-state index in [2.05, 4.69) is 45.1 Å².